The molecule has 0 spiro atoms. The van der Waals surface area contributed by atoms with Crippen molar-refractivity contribution < 1.29 is 4.79 Å². The molecule has 1 heterocycles. The lowest BCUT2D eigenvalue weighted by Crippen LogP contribution is -2.25. The average molecular weight is 271 g/mol. The molecule has 0 fully saturated rings. The van der Waals surface area contributed by atoms with Crippen LogP contribution in [0.25, 0.3) is 0 Å². The zero-order valence-electron chi connectivity index (χ0n) is 8.96. The van der Waals surface area contributed by atoms with Gasteiger partial charge < -0.3 is 9.88 Å². The van der Waals surface area contributed by atoms with E-state index in [4.69, 9.17) is 0 Å². The van der Waals surface area contributed by atoms with Gasteiger partial charge in [-0.1, -0.05) is 12.2 Å². The van der Waals surface area contributed by atoms with Crippen molar-refractivity contribution >= 4 is 21.8 Å². The molecule has 1 amide bonds. The summed E-state index contributed by atoms with van der Waals surface area (Å²) >= 11 is 3.33. The normalized spacial score (nSPS) is 10.9. The maximum absolute atomic E-state index is 11.7. The highest BCUT2D eigenvalue weighted by Gasteiger charge is 2.09. The van der Waals surface area contributed by atoms with Crippen LogP contribution in [-0.2, 0) is 7.05 Å². The number of hydrogen-bond acceptors (Lipinski definition) is 1. The third-order valence-corrected chi connectivity index (χ3v) is 2.47. The van der Waals surface area contributed by atoms with E-state index in [-0.39, 0.29) is 5.91 Å². The minimum absolute atomic E-state index is 0.0345. The van der Waals surface area contributed by atoms with Crippen molar-refractivity contribution in [1.29, 1.82) is 0 Å². The molecule has 0 aliphatic heterocycles. The van der Waals surface area contributed by atoms with E-state index in [2.05, 4.69) is 21.2 Å². The predicted octanol–water partition coefficient (Wildman–Crippen LogP) is 2.48. The third kappa shape index (κ3) is 3.55. The van der Waals surface area contributed by atoms with Crippen LogP contribution in [0.1, 0.15) is 23.8 Å². The Kier molecular flexibility index (Phi) is 4.62. The maximum atomic E-state index is 11.7. The highest BCUT2D eigenvalue weighted by Crippen LogP contribution is 2.13. The molecule has 0 aromatic carbocycles. The quantitative estimate of drug-likeness (QED) is 0.662. The van der Waals surface area contributed by atoms with Gasteiger partial charge in [0.2, 0.25) is 0 Å². The smallest absolute Gasteiger partial charge is 0.267 e. The summed E-state index contributed by atoms with van der Waals surface area (Å²) in [5, 5.41) is 2.86. The Morgan fingerprint density at radius 3 is 2.93 bits per heavy atom. The van der Waals surface area contributed by atoms with E-state index < -0.39 is 0 Å². The second kappa shape index (κ2) is 5.75. The summed E-state index contributed by atoms with van der Waals surface area (Å²) in [4.78, 5) is 11.7. The Bertz CT molecular complexity index is 369. The van der Waals surface area contributed by atoms with Gasteiger partial charge in [0.1, 0.15) is 5.69 Å². The Morgan fingerprint density at radius 1 is 1.67 bits per heavy atom. The third-order valence-electron chi connectivity index (χ3n) is 2.04. The Hall–Kier alpha value is -1.03. The fourth-order valence-electron chi connectivity index (χ4n) is 1.28. The summed E-state index contributed by atoms with van der Waals surface area (Å²) in [5.74, 6) is -0.0345. The molecule has 0 atom stereocenters. The molecule has 0 bridgehead atoms. The van der Waals surface area contributed by atoms with Crippen molar-refractivity contribution in [2.24, 2.45) is 7.05 Å². The number of allylic oxidation sites excluding steroid dienone is 1. The summed E-state index contributed by atoms with van der Waals surface area (Å²) in [7, 11) is 1.85. The molecular formula is C11H15BrN2O. The number of rotatable bonds is 4. The molecule has 1 aromatic heterocycles. The van der Waals surface area contributed by atoms with E-state index in [1.54, 1.807) is 4.57 Å². The van der Waals surface area contributed by atoms with Crippen LogP contribution < -0.4 is 5.32 Å². The molecule has 1 rings (SSSR count). The number of nitrogens with one attached hydrogen (secondary N) is 1. The summed E-state index contributed by atoms with van der Waals surface area (Å²) < 4.78 is 2.72. The van der Waals surface area contributed by atoms with Crippen molar-refractivity contribution in [2.75, 3.05) is 6.54 Å². The van der Waals surface area contributed by atoms with Crippen molar-refractivity contribution in [1.82, 2.24) is 9.88 Å². The van der Waals surface area contributed by atoms with Gasteiger partial charge in [-0.3, -0.25) is 4.79 Å². The number of aryl methyl sites for hydroxylation is 1. The van der Waals surface area contributed by atoms with Crippen molar-refractivity contribution in [3.05, 3.63) is 34.6 Å². The first-order valence-electron chi connectivity index (χ1n) is 4.86. The van der Waals surface area contributed by atoms with E-state index >= 15 is 0 Å². The molecule has 0 saturated heterocycles. The second-order valence-electron chi connectivity index (χ2n) is 3.27. The number of carbonyl (C=O) groups is 1. The van der Waals surface area contributed by atoms with Crippen molar-refractivity contribution in [2.45, 2.75) is 13.3 Å². The first kappa shape index (κ1) is 12.0. The number of halogens is 1. The number of carbonyl (C=O) groups excluding carboxylic acids is 1. The lowest BCUT2D eigenvalue weighted by Gasteiger charge is -2.03. The van der Waals surface area contributed by atoms with Gasteiger partial charge in [0, 0.05) is 24.3 Å². The van der Waals surface area contributed by atoms with Crippen LogP contribution in [0.5, 0.6) is 0 Å². The highest BCUT2D eigenvalue weighted by molar-refractivity contribution is 9.10. The van der Waals surface area contributed by atoms with Gasteiger partial charge in [0.05, 0.1) is 0 Å². The topological polar surface area (TPSA) is 34.0 Å². The van der Waals surface area contributed by atoms with Crippen LogP contribution in [-0.4, -0.2) is 17.0 Å². The molecule has 4 heteroatoms. The van der Waals surface area contributed by atoms with Gasteiger partial charge in [-0.25, -0.2) is 0 Å². The molecule has 0 radical (unpaired) electrons. The monoisotopic (exact) mass is 270 g/mol. The van der Waals surface area contributed by atoms with Gasteiger partial charge in [0.15, 0.2) is 0 Å². The number of aromatic nitrogens is 1. The van der Waals surface area contributed by atoms with Crippen molar-refractivity contribution in [3.8, 4) is 0 Å². The van der Waals surface area contributed by atoms with E-state index in [9.17, 15) is 4.79 Å². The molecule has 0 aliphatic rings. The Labute approximate surface area is 98.3 Å². The number of nitrogens with zero attached hydrogens (tertiary/aromatic N) is 1. The zero-order chi connectivity index (χ0) is 11.3. The molecule has 15 heavy (non-hydrogen) atoms. The molecule has 0 saturated carbocycles. The largest absolute Gasteiger partial charge is 0.350 e. The number of hydrogen-bond donors (Lipinski definition) is 1. The SMILES string of the molecule is C/C=C/CCNC(=O)c1cc(Br)cn1C. The average Bonchev–Trinajstić information content (AvgIpc) is 2.52. The molecule has 0 unspecified atom stereocenters. The second-order valence-corrected chi connectivity index (χ2v) is 4.18. The molecule has 3 nitrogen and oxygen atoms in total. The van der Waals surface area contributed by atoms with Gasteiger partial charge in [-0.05, 0) is 35.3 Å². The van der Waals surface area contributed by atoms with Crippen LogP contribution in [0.2, 0.25) is 0 Å². The molecular weight excluding hydrogens is 256 g/mol. The predicted molar refractivity (Wildman–Crippen MR) is 64.9 cm³/mol. The zero-order valence-corrected chi connectivity index (χ0v) is 10.5. The molecule has 82 valence electrons. The Balaban J connectivity index is 2.50. The van der Waals surface area contributed by atoms with Crippen LogP contribution in [0.4, 0.5) is 0 Å². The maximum Gasteiger partial charge on any atom is 0.267 e. The van der Waals surface area contributed by atoms with E-state index in [1.807, 2.05) is 38.4 Å². The van der Waals surface area contributed by atoms with E-state index in [0.29, 0.717) is 12.2 Å². The first-order chi connectivity index (χ1) is 7.15. The minimum atomic E-state index is -0.0345. The summed E-state index contributed by atoms with van der Waals surface area (Å²) in [5.41, 5.74) is 0.669. The minimum Gasteiger partial charge on any atom is -0.350 e. The van der Waals surface area contributed by atoms with Crippen LogP contribution in [0.15, 0.2) is 28.9 Å². The number of amides is 1. The van der Waals surface area contributed by atoms with Crippen LogP contribution in [0, 0.1) is 0 Å². The van der Waals surface area contributed by atoms with Gasteiger partial charge in [0.25, 0.3) is 5.91 Å². The van der Waals surface area contributed by atoms with E-state index in [1.165, 1.54) is 0 Å². The van der Waals surface area contributed by atoms with Crippen LogP contribution >= 0.6 is 15.9 Å². The lowest BCUT2D eigenvalue weighted by molar-refractivity contribution is 0.0946. The Morgan fingerprint density at radius 2 is 2.40 bits per heavy atom. The van der Waals surface area contributed by atoms with Crippen LogP contribution in [0.3, 0.4) is 0 Å². The summed E-state index contributed by atoms with van der Waals surface area (Å²) in [6.45, 7) is 2.64. The highest BCUT2D eigenvalue weighted by atomic mass is 79.9. The first-order valence-corrected chi connectivity index (χ1v) is 5.65. The molecule has 0 aliphatic carbocycles. The fraction of sp³-hybridized carbons (Fsp3) is 0.364. The standard InChI is InChI=1S/C11H15BrN2O/c1-3-4-5-6-13-11(15)10-7-9(12)8-14(10)2/h3-4,7-8H,5-6H2,1-2H3,(H,13,15)/b4-3+. The fourth-order valence-corrected chi connectivity index (χ4v) is 1.80. The van der Waals surface area contributed by atoms with Gasteiger partial charge in [-0.2, -0.15) is 0 Å². The molecule has 1 aromatic rings. The summed E-state index contributed by atoms with van der Waals surface area (Å²) in [6, 6.07) is 1.81. The van der Waals surface area contributed by atoms with Crippen molar-refractivity contribution in [3.63, 3.8) is 0 Å². The molecule has 1 N–H and O–H groups in total. The summed E-state index contributed by atoms with van der Waals surface area (Å²) in [6.07, 6.45) is 6.74. The van der Waals surface area contributed by atoms with Gasteiger partial charge >= 0.3 is 0 Å². The lowest BCUT2D eigenvalue weighted by atomic mass is 10.3. The van der Waals surface area contributed by atoms with Gasteiger partial charge in [-0.15, -0.1) is 0 Å². The van der Waals surface area contributed by atoms with E-state index in [0.717, 1.165) is 10.9 Å².